The summed E-state index contributed by atoms with van der Waals surface area (Å²) in [6, 6.07) is 10.2. The molecular weight excluding hydrogens is 513 g/mol. The maximum absolute atomic E-state index is 13.6. The smallest absolute Gasteiger partial charge is 0.416 e. The summed E-state index contributed by atoms with van der Waals surface area (Å²) in [6.45, 7) is 0.871. The average Bonchev–Trinajstić information content (AvgIpc) is 2.84. The van der Waals surface area contributed by atoms with Crippen molar-refractivity contribution in [3.8, 4) is 16.9 Å². The van der Waals surface area contributed by atoms with Crippen LogP contribution in [0.2, 0.25) is 0 Å². The van der Waals surface area contributed by atoms with E-state index in [4.69, 9.17) is 14.6 Å². The van der Waals surface area contributed by atoms with Gasteiger partial charge in [-0.15, -0.1) is 0 Å². The van der Waals surface area contributed by atoms with Crippen molar-refractivity contribution in [2.75, 3.05) is 13.7 Å². The molecule has 0 aliphatic carbocycles. The Bertz CT molecular complexity index is 1310. The predicted octanol–water partition coefficient (Wildman–Crippen LogP) is 6.45. The van der Waals surface area contributed by atoms with Crippen molar-refractivity contribution in [2.45, 2.75) is 32.7 Å². The maximum atomic E-state index is 13.6. The number of hydrogen-bond donors (Lipinski definition) is 1. The molecule has 3 aromatic carbocycles. The molecule has 0 aliphatic heterocycles. The third kappa shape index (κ3) is 7.21. The summed E-state index contributed by atoms with van der Waals surface area (Å²) < 4.78 is 78.0. The van der Waals surface area contributed by atoms with Crippen molar-refractivity contribution in [1.82, 2.24) is 4.90 Å². The summed E-state index contributed by atoms with van der Waals surface area (Å²) >= 11 is 0. The van der Waals surface area contributed by atoms with Gasteiger partial charge in [-0.25, -0.2) is 13.6 Å². The molecule has 202 valence electrons. The largest absolute Gasteiger partial charge is 0.496 e. The summed E-state index contributed by atoms with van der Waals surface area (Å²) in [4.78, 5) is 25.1. The van der Waals surface area contributed by atoms with Crippen LogP contribution < -0.4 is 4.74 Å². The lowest BCUT2D eigenvalue weighted by molar-refractivity contribution is -0.138. The van der Waals surface area contributed by atoms with E-state index >= 15 is 0 Å². The minimum Gasteiger partial charge on any atom is -0.496 e. The molecule has 3 rings (SSSR count). The van der Waals surface area contributed by atoms with Crippen LogP contribution in [0.1, 0.15) is 29.2 Å². The molecule has 1 N–H and O–H groups in total. The van der Waals surface area contributed by atoms with Crippen LogP contribution in [-0.2, 0) is 35.3 Å². The predicted molar refractivity (Wildman–Crippen MR) is 127 cm³/mol. The molecule has 0 spiro atoms. The normalized spacial score (nSPS) is 11.2. The molecule has 0 aromatic heterocycles. The number of carbonyl (C=O) groups excluding carboxylic acids is 1. The van der Waals surface area contributed by atoms with E-state index < -0.39 is 42.0 Å². The summed E-state index contributed by atoms with van der Waals surface area (Å²) in [6.07, 6.45) is -5.89. The molecule has 0 fully saturated rings. The number of nitrogens with zero attached hydrogens (tertiary/aromatic N) is 1. The number of amides is 1. The third-order valence-electron chi connectivity index (χ3n) is 5.63. The lowest BCUT2D eigenvalue weighted by Crippen LogP contribution is -2.31. The van der Waals surface area contributed by atoms with Crippen LogP contribution in [0.3, 0.4) is 0 Å². The van der Waals surface area contributed by atoms with Crippen LogP contribution in [0, 0.1) is 11.6 Å². The van der Waals surface area contributed by atoms with Crippen LogP contribution in [-0.4, -0.2) is 35.7 Å². The molecule has 0 bridgehead atoms. The van der Waals surface area contributed by atoms with Crippen molar-refractivity contribution in [2.24, 2.45) is 0 Å². The second-order valence-corrected chi connectivity index (χ2v) is 8.32. The van der Waals surface area contributed by atoms with E-state index in [-0.39, 0.29) is 30.6 Å². The molecular formula is C27H24F5NO5. The number of ether oxygens (including phenoxy) is 2. The van der Waals surface area contributed by atoms with Gasteiger partial charge in [-0.1, -0.05) is 12.1 Å². The number of rotatable bonds is 9. The second kappa shape index (κ2) is 11.9. The lowest BCUT2D eigenvalue weighted by Gasteiger charge is -2.23. The second-order valence-electron chi connectivity index (χ2n) is 8.32. The average molecular weight is 537 g/mol. The van der Waals surface area contributed by atoms with E-state index in [1.807, 2.05) is 0 Å². The Morgan fingerprint density at radius 1 is 0.921 bits per heavy atom. The number of carbonyl (C=O) groups is 2. The van der Waals surface area contributed by atoms with Gasteiger partial charge in [0.2, 0.25) is 0 Å². The number of aliphatic carboxylic acids is 1. The molecule has 11 heteroatoms. The van der Waals surface area contributed by atoms with Crippen molar-refractivity contribution >= 4 is 12.1 Å². The lowest BCUT2D eigenvalue weighted by atomic mass is 9.94. The Hall–Kier alpha value is -4.15. The van der Waals surface area contributed by atoms with Crippen molar-refractivity contribution in [3.63, 3.8) is 0 Å². The monoisotopic (exact) mass is 537 g/mol. The van der Waals surface area contributed by atoms with Gasteiger partial charge in [-0.3, -0.25) is 4.79 Å². The van der Waals surface area contributed by atoms with Gasteiger partial charge >= 0.3 is 18.2 Å². The number of carboxylic acid groups (broad SMARTS) is 1. The van der Waals surface area contributed by atoms with Gasteiger partial charge in [0.05, 0.1) is 19.1 Å². The van der Waals surface area contributed by atoms with E-state index in [0.717, 1.165) is 29.2 Å². The van der Waals surface area contributed by atoms with Gasteiger partial charge in [-0.2, -0.15) is 13.2 Å². The zero-order chi connectivity index (χ0) is 28.0. The molecule has 1 amide bonds. The Morgan fingerprint density at radius 3 is 2.18 bits per heavy atom. The molecule has 0 radical (unpaired) electrons. The fraction of sp³-hybridized carbons (Fsp3) is 0.259. The van der Waals surface area contributed by atoms with E-state index in [1.165, 1.54) is 31.4 Å². The highest BCUT2D eigenvalue weighted by Gasteiger charge is 2.32. The number of hydrogen-bond acceptors (Lipinski definition) is 4. The van der Waals surface area contributed by atoms with Crippen LogP contribution in [0.5, 0.6) is 5.75 Å². The Morgan fingerprint density at radius 2 is 1.61 bits per heavy atom. The Kier molecular flexibility index (Phi) is 8.92. The van der Waals surface area contributed by atoms with Gasteiger partial charge in [0.15, 0.2) is 0 Å². The number of alkyl halides is 3. The van der Waals surface area contributed by atoms with Crippen molar-refractivity contribution in [1.29, 1.82) is 0 Å². The summed E-state index contributed by atoms with van der Waals surface area (Å²) in [5, 5.41) is 9.15. The zero-order valence-corrected chi connectivity index (χ0v) is 20.4. The topological polar surface area (TPSA) is 76.1 Å². The highest BCUT2D eigenvalue weighted by molar-refractivity contribution is 5.77. The standard InChI is InChI=1S/C27H24F5NO5/c1-3-33(26(36)38-15-17-8-20(28)13-21(29)9-17)14-18-12-19(27(30,31)32)5-6-22(18)23-10-16(11-25(34)35)4-7-24(23)37-2/h4-10,12-13H,3,11,14-15H2,1-2H3,(H,34,35). The van der Waals surface area contributed by atoms with Crippen molar-refractivity contribution in [3.05, 3.63) is 88.5 Å². The molecule has 0 atom stereocenters. The molecule has 3 aromatic rings. The van der Waals surface area contributed by atoms with E-state index in [1.54, 1.807) is 6.92 Å². The Labute approximate surface area is 215 Å². The van der Waals surface area contributed by atoms with Gasteiger partial charge in [0.25, 0.3) is 0 Å². The van der Waals surface area contributed by atoms with E-state index in [2.05, 4.69) is 0 Å². The summed E-state index contributed by atoms with van der Waals surface area (Å²) in [5.74, 6) is -2.50. The molecule has 0 saturated carbocycles. The highest BCUT2D eigenvalue weighted by atomic mass is 19.4. The molecule has 0 aliphatic rings. The summed E-state index contributed by atoms with van der Waals surface area (Å²) in [7, 11) is 1.37. The van der Waals surface area contributed by atoms with Crippen LogP contribution >= 0.6 is 0 Å². The number of halogens is 5. The van der Waals surface area contributed by atoms with Crippen LogP contribution in [0.25, 0.3) is 11.1 Å². The van der Waals surface area contributed by atoms with Gasteiger partial charge in [0.1, 0.15) is 24.0 Å². The quantitative estimate of drug-likeness (QED) is 0.318. The molecule has 6 nitrogen and oxygen atoms in total. The maximum Gasteiger partial charge on any atom is 0.416 e. The van der Waals surface area contributed by atoms with E-state index in [9.17, 15) is 31.5 Å². The number of methoxy groups -OCH3 is 1. The number of benzene rings is 3. The zero-order valence-electron chi connectivity index (χ0n) is 20.4. The minimum absolute atomic E-state index is 0.0439. The SMILES string of the molecule is CCN(Cc1cc(C(F)(F)F)ccc1-c1cc(CC(=O)O)ccc1OC)C(=O)OCc1cc(F)cc(F)c1. The van der Waals surface area contributed by atoms with Crippen molar-refractivity contribution < 1.29 is 46.1 Å². The molecule has 0 saturated heterocycles. The minimum atomic E-state index is -4.67. The molecule has 38 heavy (non-hydrogen) atoms. The van der Waals surface area contributed by atoms with Gasteiger partial charge in [0, 0.05) is 24.7 Å². The third-order valence-corrected chi connectivity index (χ3v) is 5.63. The first-order valence-corrected chi connectivity index (χ1v) is 11.4. The fourth-order valence-corrected chi connectivity index (χ4v) is 3.86. The van der Waals surface area contributed by atoms with Crippen LogP contribution in [0.4, 0.5) is 26.7 Å². The first kappa shape index (κ1) is 28.4. The fourth-order valence-electron chi connectivity index (χ4n) is 3.86. The van der Waals surface area contributed by atoms with Gasteiger partial charge in [-0.05, 0) is 65.6 Å². The molecule has 0 heterocycles. The first-order chi connectivity index (χ1) is 17.9. The first-order valence-electron chi connectivity index (χ1n) is 11.4. The number of carboxylic acids is 1. The van der Waals surface area contributed by atoms with Gasteiger partial charge < -0.3 is 19.5 Å². The van der Waals surface area contributed by atoms with Crippen LogP contribution in [0.15, 0.2) is 54.6 Å². The van der Waals surface area contributed by atoms with E-state index in [0.29, 0.717) is 28.5 Å². The highest BCUT2D eigenvalue weighted by Crippen LogP contribution is 2.38. The summed E-state index contributed by atoms with van der Waals surface area (Å²) in [5.41, 5.74) is 0.243. The molecule has 0 unspecified atom stereocenters. The Balaban J connectivity index is 1.98.